The summed E-state index contributed by atoms with van der Waals surface area (Å²) in [6, 6.07) is 7.81. The van der Waals surface area contributed by atoms with Crippen molar-refractivity contribution < 1.29 is 4.79 Å². The van der Waals surface area contributed by atoms with Crippen molar-refractivity contribution in [3.63, 3.8) is 0 Å². The van der Waals surface area contributed by atoms with Crippen LogP contribution >= 0.6 is 11.3 Å². The Bertz CT molecular complexity index is 537. The fourth-order valence-corrected chi connectivity index (χ4v) is 2.27. The Morgan fingerprint density at radius 1 is 1.37 bits per heavy atom. The average molecular weight is 275 g/mol. The Balaban J connectivity index is 2.06. The molecule has 4 nitrogen and oxygen atoms in total. The number of hydrogen-bond acceptors (Lipinski definition) is 4. The highest BCUT2D eigenvalue weighted by Crippen LogP contribution is 2.16. The van der Waals surface area contributed by atoms with Gasteiger partial charge in [-0.25, -0.2) is 4.98 Å². The van der Waals surface area contributed by atoms with Crippen LogP contribution in [0.4, 0.5) is 5.69 Å². The molecule has 2 rings (SSSR count). The van der Waals surface area contributed by atoms with Crippen LogP contribution in [0.2, 0.25) is 0 Å². The lowest BCUT2D eigenvalue weighted by Crippen LogP contribution is -2.24. The Morgan fingerprint density at radius 2 is 2.16 bits per heavy atom. The number of nitrogens with zero attached hydrogens (tertiary/aromatic N) is 1. The fraction of sp³-hybridized carbons (Fsp3) is 0.286. The average Bonchev–Trinajstić information content (AvgIpc) is 2.89. The zero-order valence-electron chi connectivity index (χ0n) is 11.0. The number of carbonyl (C=O) groups excluding carboxylic acids is 1. The summed E-state index contributed by atoms with van der Waals surface area (Å²) in [6.45, 7) is 4.56. The molecule has 0 saturated carbocycles. The first-order valence-corrected chi connectivity index (χ1v) is 7.07. The second-order valence-electron chi connectivity index (χ2n) is 4.45. The second kappa shape index (κ2) is 6.33. The van der Waals surface area contributed by atoms with E-state index >= 15 is 0 Å². The zero-order valence-corrected chi connectivity index (χ0v) is 11.8. The third kappa shape index (κ3) is 3.79. The van der Waals surface area contributed by atoms with E-state index in [1.165, 1.54) is 11.3 Å². The van der Waals surface area contributed by atoms with E-state index in [0.717, 1.165) is 10.7 Å². The number of amides is 1. The van der Waals surface area contributed by atoms with Crippen molar-refractivity contribution in [1.29, 1.82) is 0 Å². The molecule has 2 N–H and O–H groups in total. The highest BCUT2D eigenvalue weighted by molar-refractivity contribution is 7.09. The van der Waals surface area contributed by atoms with E-state index in [1.807, 2.05) is 43.5 Å². The lowest BCUT2D eigenvalue weighted by atomic mass is 10.1. The lowest BCUT2D eigenvalue weighted by molar-refractivity contribution is 0.0951. The number of anilines is 1. The molecule has 1 aromatic heterocycles. The molecule has 0 saturated heterocycles. The van der Waals surface area contributed by atoms with Crippen LogP contribution < -0.4 is 10.6 Å². The van der Waals surface area contributed by atoms with E-state index in [4.69, 9.17) is 0 Å². The van der Waals surface area contributed by atoms with Crippen LogP contribution in [0.5, 0.6) is 0 Å². The van der Waals surface area contributed by atoms with Gasteiger partial charge in [0.15, 0.2) is 0 Å². The standard InChI is InChI=1S/C14H17N3OS/c1-10(2)17-12-6-4-3-5-11(12)14(18)16-9-13-15-7-8-19-13/h3-8,10,17H,9H2,1-2H3,(H,16,18). The van der Waals surface area contributed by atoms with Gasteiger partial charge < -0.3 is 10.6 Å². The SMILES string of the molecule is CC(C)Nc1ccccc1C(=O)NCc1nccs1. The van der Waals surface area contributed by atoms with Crippen molar-refractivity contribution in [1.82, 2.24) is 10.3 Å². The van der Waals surface area contributed by atoms with E-state index in [1.54, 1.807) is 6.20 Å². The molecule has 0 aliphatic carbocycles. The van der Waals surface area contributed by atoms with Gasteiger partial charge in [-0.1, -0.05) is 12.1 Å². The number of hydrogen-bond donors (Lipinski definition) is 2. The minimum absolute atomic E-state index is 0.0843. The summed E-state index contributed by atoms with van der Waals surface area (Å²) in [7, 11) is 0. The van der Waals surface area contributed by atoms with E-state index in [9.17, 15) is 4.79 Å². The molecule has 100 valence electrons. The molecule has 0 atom stereocenters. The van der Waals surface area contributed by atoms with Crippen LogP contribution in [0, 0.1) is 0 Å². The van der Waals surface area contributed by atoms with Gasteiger partial charge in [-0.15, -0.1) is 11.3 Å². The van der Waals surface area contributed by atoms with E-state index in [0.29, 0.717) is 12.1 Å². The normalized spacial score (nSPS) is 10.5. The summed E-state index contributed by atoms with van der Waals surface area (Å²) in [5, 5.41) is 8.96. The Labute approximate surface area is 116 Å². The molecule has 2 aromatic rings. The molecule has 0 radical (unpaired) electrons. The molecule has 0 spiro atoms. The third-order valence-corrected chi connectivity index (χ3v) is 3.28. The maximum absolute atomic E-state index is 12.2. The third-order valence-electron chi connectivity index (χ3n) is 2.50. The molecular formula is C14H17N3OS. The number of para-hydroxylation sites is 1. The Hall–Kier alpha value is -1.88. The molecule has 1 heterocycles. The molecular weight excluding hydrogens is 258 g/mol. The van der Waals surface area contributed by atoms with Gasteiger partial charge in [0.25, 0.3) is 5.91 Å². The number of aromatic nitrogens is 1. The smallest absolute Gasteiger partial charge is 0.253 e. The van der Waals surface area contributed by atoms with E-state index in [-0.39, 0.29) is 11.9 Å². The Kier molecular flexibility index (Phi) is 4.52. The summed E-state index contributed by atoms with van der Waals surface area (Å²) in [5.74, 6) is -0.0843. The van der Waals surface area contributed by atoms with Gasteiger partial charge in [-0.05, 0) is 26.0 Å². The van der Waals surface area contributed by atoms with Crippen LogP contribution in [0.3, 0.4) is 0 Å². The second-order valence-corrected chi connectivity index (χ2v) is 5.43. The fourth-order valence-electron chi connectivity index (χ4n) is 1.71. The van der Waals surface area contributed by atoms with Gasteiger partial charge in [0, 0.05) is 23.3 Å². The van der Waals surface area contributed by atoms with Crippen molar-refractivity contribution in [3.05, 3.63) is 46.4 Å². The zero-order chi connectivity index (χ0) is 13.7. The van der Waals surface area contributed by atoms with Crippen LogP contribution in [0.25, 0.3) is 0 Å². The van der Waals surface area contributed by atoms with Crippen LogP contribution in [-0.2, 0) is 6.54 Å². The summed E-state index contributed by atoms with van der Waals surface area (Å²) in [6.07, 6.45) is 1.74. The number of thiazole rings is 1. The summed E-state index contributed by atoms with van der Waals surface area (Å²) in [4.78, 5) is 16.3. The quantitative estimate of drug-likeness (QED) is 0.882. The van der Waals surface area contributed by atoms with Crippen LogP contribution in [-0.4, -0.2) is 16.9 Å². The maximum Gasteiger partial charge on any atom is 0.253 e. The summed E-state index contributed by atoms with van der Waals surface area (Å²) < 4.78 is 0. The number of carbonyl (C=O) groups is 1. The van der Waals surface area contributed by atoms with Gasteiger partial charge in [0.2, 0.25) is 0 Å². The first-order chi connectivity index (χ1) is 9.16. The molecule has 1 aromatic carbocycles. The van der Waals surface area contributed by atoms with Crippen molar-refractivity contribution in [2.24, 2.45) is 0 Å². The van der Waals surface area contributed by atoms with Gasteiger partial charge in [0.05, 0.1) is 12.1 Å². The lowest BCUT2D eigenvalue weighted by Gasteiger charge is -2.14. The van der Waals surface area contributed by atoms with Gasteiger partial charge >= 0.3 is 0 Å². The number of rotatable bonds is 5. The molecule has 1 amide bonds. The topological polar surface area (TPSA) is 54.0 Å². The molecule has 19 heavy (non-hydrogen) atoms. The summed E-state index contributed by atoms with van der Waals surface area (Å²) >= 11 is 1.53. The highest BCUT2D eigenvalue weighted by Gasteiger charge is 2.11. The first-order valence-electron chi connectivity index (χ1n) is 6.19. The predicted octanol–water partition coefficient (Wildman–Crippen LogP) is 2.89. The number of nitrogens with one attached hydrogen (secondary N) is 2. The minimum Gasteiger partial charge on any atom is -0.382 e. The minimum atomic E-state index is -0.0843. The Morgan fingerprint density at radius 3 is 2.84 bits per heavy atom. The van der Waals surface area contributed by atoms with Gasteiger partial charge in [-0.2, -0.15) is 0 Å². The van der Waals surface area contributed by atoms with E-state index < -0.39 is 0 Å². The van der Waals surface area contributed by atoms with Crippen molar-refractivity contribution in [3.8, 4) is 0 Å². The van der Waals surface area contributed by atoms with Crippen molar-refractivity contribution >= 4 is 22.9 Å². The van der Waals surface area contributed by atoms with Crippen LogP contribution in [0.15, 0.2) is 35.8 Å². The summed E-state index contributed by atoms with van der Waals surface area (Å²) in [5.41, 5.74) is 1.52. The first kappa shape index (κ1) is 13.5. The monoisotopic (exact) mass is 275 g/mol. The molecule has 0 bridgehead atoms. The van der Waals surface area contributed by atoms with Gasteiger partial charge in [0.1, 0.15) is 5.01 Å². The molecule has 0 aliphatic rings. The maximum atomic E-state index is 12.2. The number of benzene rings is 1. The van der Waals surface area contributed by atoms with Crippen molar-refractivity contribution in [2.45, 2.75) is 26.4 Å². The van der Waals surface area contributed by atoms with Gasteiger partial charge in [-0.3, -0.25) is 4.79 Å². The van der Waals surface area contributed by atoms with Crippen molar-refractivity contribution in [2.75, 3.05) is 5.32 Å². The molecule has 0 fully saturated rings. The van der Waals surface area contributed by atoms with Crippen LogP contribution in [0.1, 0.15) is 29.2 Å². The predicted molar refractivity (Wildman–Crippen MR) is 78.5 cm³/mol. The largest absolute Gasteiger partial charge is 0.382 e. The van der Waals surface area contributed by atoms with E-state index in [2.05, 4.69) is 15.6 Å². The highest BCUT2D eigenvalue weighted by atomic mass is 32.1. The molecule has 0 aliphatic heterocycles. The molecule has 5 heteroatoms. The molecule has 0 unspecified atom stereocenters.